The van der Waals surface area contributed by atoms with Crippen molar-refractivity contribution in [2.75, 3.05) is 6.54 Å². The minimum Gasteiger partial charge on any atom is -0.340 e. The second-order valence-electron chi connectivity index (χ2n) is 2.56. The second-order valence-corrected chi connectivity index (χ2v) is 2.56. The van der Waals surface area contributed by atoms with E-state index in [1.54, 1.807) is 0 Å². The van der Waals surface area contributed by atoms with Crippen LogP contribution in [0.1, 0.15) is 12.8 Å². The molecule has 0 spiro atoms. The zero-order valence-corrected chi connectivity index (χ0v) is 7.16. The molecule has 0 saturated carbocycles. The molecule has 0 aliphatic rings. The molecule has 0 aliphatic heterocycles. The van der Waals surface area contributed by atoms with Crippen molar-refractivity contribution in [3.05, 3.63) is 24.9 Å². The maximum atomic E-state index is 4.82. The Hall–Kier alpha value is -1.16. The quantitative estimate of drug-likeness (QED) is 0.658. The van der Waals surface area contributed by atoms with E-state index in [4.69, 9.17) is 4.52 Å². The van der Waals surface area contributed by atoms with Gasteiger partial charge in [-0.1, -0.05) is 11.2 Å². The lowest BCUT2D eigenvalue weighted by Crippen LogP contribution is -2.25. The van der Waals surface area contributed by atoms with Crippen molar-refractivity contribution in [1.29, 1.82) is 0 Å². The standard InChI is InChI=1S/C8H13N3O/c1-3-7(2)9-5-4-8-10-6-11-12-8/h3,6-7,9H,1,4-5H2,2H3. The van der Waals surface area contributed by atoms with Gasteiger partial charge in [0.25, 0.3) is 0 Å². The van der Waals surface area contributed by atoms with Gasteiger partial charge in [-0.2, -0.15) is 4.98 Å². The Morgan fingerprint density at radius 1 is 1.83 bits per heavy atom. The van der Waals surface area contributed by atoms with E-state index in [-0.39, 0.29) is 0 Å². The molecule has 1 rings (SSSR count). The smallest absolute Gasteiger partial charge is 0.227 e. The molecule has 1 aromatic heterocycles. The van der Waals surface area contributed by atoms with E-state index in [1.165, 1.54) is 6.33 Å². The molecule has 1 aromatic rings. The zero-order chi connectivity index (χ0) is 8.81. The Morgan fingerprint density at radius 3 is 3.25 bits per heavy atom. The summed E-state index contributed by atoms with van der Waals surface area (Å²) in [5.74, 6) is 0.666. The van der Waals surface area contributed by atoms with Gasteiger partial charge in [-0.05, 0) is 6.92 Å². The summed E-state index contributed by atoms with van der Waals surface area (Å²) in [6, 6.07) is 0.327. The molecule has 0 aromatic carbocycles. The largest absolute Gasteiger partial charge is 0.340 e. The number of hydrogen-bond donors (Lipinski definition) is 1. The van der Waals surface area contributed by atoms with Gasteiger partial charge in [0.1, 0.15) is 0 Å². The molecule has 0 radical (unpaired) electrons. The molecule has 4 heteroatoms. The first-order valence-electron chi connectivity index (χ1n) is 3.94. The van der Waals surface area contributed by atoms with Crippen LogP contribution in [0.15, 0.2) is 23.5 Å². The summed E-state index contributed by atoms with van der Waals surface area (Å²) in [6.07, 6.45) is 4.03. The van der Waals surface area contributed by atoms with Crippen LogP contribution in [0, 0.1) is 0 Å². The molecule has 0 fully saturated rings. The molecule has 0 saturated heterocycles. The van der Waals surface area contributed by atoms with Crippen molar-refractivity contribution in [2.24, 2.45) is 0 Å². The van der Waals surface area contributed by atoms with Gasteiger partial charge in [-0.15, -0.1) is 6.58 Å². The molecule has 66 valence electrons. The van der Waals surface area contributed by atoms with Crippen LogP contribution in [0.5, 0.6) is 0 Å². The van der Waals surface area contributed by atoms with Crippen LogP contribution in [0.3, 0.4) is 0 Å². The van der Waals surface area contributed by atoms with Gasteiger partial charge in [-0.25, -0.2) is 0 Å². The predicted octanol–water partition coefficient (Wildman–Crippen LogP) is 0.776. The van der Waals surface area contributed by atoms with E-state index in [1.807, 2.05) is 13.0 Å². The second kappa shape index (κ2) is 4.66. The van der Waals surface area contributed by atoms with Crippen LogP contribution in [0.2, 0.25) is 0 Å². The zero-order valence-electron chi connectivity index (χ0n) is 7.16. The fraction of sp³-hybridized carbons (Fsp3) is 0.500. The topological polar surface area (TPSA) is 51.0 Å². The summed E-state index contributed by atoms with van der Waals surface area (Å²) in [7, 11) is 0. The lowest BCUT2D eigenvalue weighted by atomic mass is 10.3. The Balaban J connectivity index is 2.15. The fourth-order valence-electron chi connectivity index (χ4n) is 0.796. The van der Waals surface area contributed by atoms with Gasteiger partial charge in [0.05, 0.1) is 0 Å². The third-order valence-electron chi connectivity index (χ3n) is 1.57. The lowest BCUT2D eigenvalue weighted by molar-refractivity contribution is 0.374. The monoisotopic (exact) mass is 167 g/mol. The van der Waals surface area contributed by atoms with Gasteiger partial charge in [0.15, 0.2) is 6.33 Å². The number of hydrogen-bond acceptors (Lipinski definition) is 4. The van der Waals surface area contributed by atoms with Crippen LogP contribution >= 0.6 is 0 Å². The van der Waals surface area contributed by atoms with Crippen molar-refractivity contribution in [3.8, 4) is 0 Å². The van der Waals surface area contributed by atoms with E-state index in [0.29, 0.717) is 11.9 Å². The van der Waals surface area contributed by atoms with E-state index >= 15 is 0 Å². The van der Waals surface area contributed by atoms with Crippen LogP contribution in [0.4, 0.5) is 0 Å². The normalized spacial score (nSPS) is 12.8. The summed E-state index contributed by atoms with van der Waals surface area (Å²) in [6.45, 7) is 6.53. The van der Waals surface area contributed by atoms with Crippen molar-refractivity contribution in [3.63, 3.8) is 0 Å². The molecule has 12 heavy (non-hydrogen) atoms. The van der Waals surface area contributed by atoms with Crippen LogP contribution in [-0.2, 0) is 6.42 Å². The Bertz CT molecular complexity index is 220. The van der Waals surface area contributed by atoms with Gasteiger partial charge in [-0.3, -0.25) is 0 Å². The van der Waals surface area contributed by atoms with Gasteiger partial charge >= 0.3 is 0 Å². The molecule has 0 aliphatic carbocycles. The maximum Gasteiger partial charge on any atom is 0.227 e. The van der Waals surface area contributed by atoms with E-state index in [9.17, 15) is 0 Å². The highest BCUT2D eigenvalue weighted by Gasteiger charge is 1.99. The predicted molar refractivity (Wildman–Crippen MR) is 45.7 cm³/mol. The molecule has 1 atom stereocenters. The van der Waals surface area contributed by atoms with Crippen LogP contribution in [0.25, 0.3) is 0 Å². The van der Waals surface area contributed by atoms with Crippen molar-refractivity contribution >= 4 is 0 Å². The number of rotatable bonds is 5. The molecule has 1 unspecified atom stereocenters. The highest BCUT2D eigenvalue weighted by molar-refractivity contribution is 4.83. The highest BCUT2D eigenvalue weighted by atomic mass is 16.5. The van der Waals surface area contributed by atoms with E-state index in [2.05, 4.69) is 22.0 Å². The minimum atomic E-state index is 0.327. The number of nitrogens with zero attached hydrogens (tertiary/aromatic N) is 2. The molecule has 0 amide bonds. The van der Waals surface area contributed by atoms with E-state index in [0.717, 1.165) is 13.0 Å². The summed E-state index contributed by atoms with van der Waals surface area (Å²) in [4.78, 5) is 3.90. The Kier molecular flexibility index (Phi) is 3.47. The summed E-state index contributed by atoms with van der Waals surface area (Å²) in [5.41, 5.74) is 0. The summed E-state index contributed by atoms with van der Waals surface area (Å²) >= 11 is 0. The molecular formula is C8H13N3O. The third-order valence-corrected chi connectivity index (χ3v) is 1.57. The average molecular weight is 167 g/mol. The third kappa shape index (κ3) is 2.84. The van der Waals surface area contributed by atoms with Crippen molar-refractivity contribution in [1.82, 2.24) is 15.5 Å². The first-order chi connectivity index (χ1) is 5.83. The molecule has 1 N–H and O–H groups in total. The Labute approximate surface area is 71.7 Å². The number of aromatic nitrogens is 2. The first kappa shape index (κ1) is 8.93. The van der Waals surface area contributed by atoms with Crippen LogP contribution in [-0.4, -0.2) is 22.7 Å². The van der Waals surface area contributed by atoms with Crippen molar-refractivity contribution < 1.29 is 4.52 Å². The first-order valence-corrected chi connectivity index (χ1v) is 3.94. The Morgan fingerprint density at radius 2 is 2.67 bits per heavy atom. The van der Waals surface area contributed by atoms with Gasteiger partial charge in [0.2, 0.25) is 5.89 Å². The number of nitrogens with one attached hydrogen (secondary N) is 1. The van der Waals surface area contributed by atoms with E-state index < -0.39 is 0 Å². The maximum absolute atomic E-state index is 4.82. The summed E-state index contributed by atoms with van der Waals surface area (Å²) in [5, 5.41) is 6.73. The lowest BCUT2D eigenvalue weighted by Gasteiger charge is -2.05. The van der Waals surface area contributed by atoms with Gasteiger partial charge < -0.3 is 9.84 Å². The molecule has 0 bridgehead atoms. The molecule has 4 nitrogen and oxygen atoms in total. The minimum absolute atomic E-state index is 0.327. The SMILES string of the molecule is C=CC(C)NCCc1ncno1. The van der Waals surface area contributed by atoms with Crippen molar-refractivity contribution in [2.45, 2.75) is 19.4 Å². The summed E-state index contributed by atoms with van der Waals surface area (Å²) < 4.78 is 4.82. The highest BCUT2D eigenvalue weighted by Crippen LogP contribution is 1.91. The molecular weight excluding hydrogens is 154 g/mol. The van der Waals surface area contributed by atoms with Crippen LogP contribution < -0.4 is 5.32 Å². The van der Waals surface area contributed by atoms with Gasteiger partial charge in [0, 0.05) is 19.0 Å². The average Bonchev–Trinajstić information content (AvgIpc) is 2.57. The fourth-order valence-corrected chi connectivity index (χ4v) is 0.796. The molecule has 1 heterocycles.